The first-order valence-electron chi connectivity index (χ1n) is 8.61. The predicted octanol–water partition coefficient (Wildman–Crippen LogP) is 4.84. The van der Waals surface area contributed by atoms with Crippen LogP contribution in [0.15, 0.2) is 41.3 Å². The summed E-state index contributed by atoms with van der Waals surface area (Å²) in [4.78, 5) is 17.7. The van der Waals surface area contributed by atoms with Crippen molar-refractivity contribution in [3.05, 3.63) is 58.4 Å². The minimum absolute atomic E-state index is 0.00797. The number of rotatable bonds is 6. The highest BCUT2D eigenvalue weighted by Gasteiger charge is 2.30. The Bertz CT molecular complexity index is 721. The number of hydrogen-bond donors (Lipinski definition) is 1. The van der Waals surface area contributed by atoms with Crippen molar-refractivity contribution in [2.75, 3.05) is 6.61 Å². The van der Waals surface area contributed by atoms with Gasteiger partial charge in [0.25, 0.3) is 0 Å². The second-order valence-corrected chi connectivity index (χ2v) is 6.85. The number of hydrogen-bond acceptors (Lipinski definition) is 4. The van der Waals surface area contributed by atoms with Crippen LogP contribution in [0, 0.1) is 20.8 Å². The lowest BCUT2D eigenvalue weighted by atomic mass is 9.78. The van der Waals surface area contributed by atoms with Gasteiger partial charge in [0.15, 0.2) is 5.78 Å². The van der Waals surface area contributed by atoms with Crippen molar-refractivity contribution < 1.29 is 14.7 Å². The molecule has 4 heteroatoms. The van der Waals surface area contributed by atoms with E-state index in [2.05, 4.69) is 44.6 Å². The molecule has 0 fully saturated rings. The van der Waals surface area contributed by atoms with Gasteiger partial charge < -0.3 is 9.94 Å². The molecule has 1 aliphatic carbocycles. The summed E-state index contributed by atoms with van der Waals surface area (Å²) >= 11 is 0. The predicted molar refractivity (Wildman–Crippen MR) is 101 cm³/mol. The van der Waals surface area contributed by atoms with Gasteiger partial charge in [0.1, 0.15) is 6.61 Å². The second kappa shape index (κ2) is 8.15. The zero-order valence-electron chi connectivity index (χ0n) is 15.6. The van der Waals surface area contributed by atoms with Gasteiger partial charge >= 0.3 is 0 Å². The van der Waals surface area contributed by atoms with Gasteiger partial charge in [-0.15, -0.1) is 0 Å². The third-order valence-electron chi connectivity index (χ3n) is 4.55. The van der Waals surface area contributed by atoms with Crippen LogP contribution in [-0.2, 0) is 9.63 Å². The van der Waals surface area contributed by atoms with Gasteiger partial charge in [-0.3, -0.25) is 4.79 Å². The lowest BCUT2D eigenvalue weighted by Crippen LogP contribution is -2.21. The molecule has 0 saturated heterocycles. The number of Topliss-reactive ketones (excluding diaryl/α,β-unsaturated/α-hetero) is 1. The van der Waals surface area contributed by atoms with E-state index in [1.807, 2.05) is 0 Å². The number of allylic oxidation sites excluding steroid dienone is 2. The van der Waals surface area contributed by atoms with E-state index in [-0.39, 0.29) is 17.5 Å². The highest BCUT2D eigenvalue weighted by Crippen LogP contribution is 2.38. The van der Waals surface area contributed by atoms with Gasteiger partial charge in [-0.1, -0.05) is 35.5 Å². The van der Waals surface area contributed by atoms with Crippen LogP contribution in [0.5, 0.6) is 0 Å². The van der Waals surface area contributed by atoms with Crippen molar-refractivity contribution in [1.82, 2.24) is 0 Å². The molecule has 4 nitrogen and oxygen atoms in total. The molecule has 1 unspecified atom stereocenters. The van der Waals surface area contributed by atoms with Crippen molar-refractivity contribution in [3.8, 4) is 0 Å². The molecule has 0 aliphatic heterocycles. The maximum absolute atomic E-state index is 12.6. The third-order valence-corrected chi connectivity index (χ3v) is 4.55. The van der Waals surface area contributed by atoms with Crippen LogP contribution in [0.3, 0.4) is 0 Å². The maximum atomic E-state index is 12.6. The maximum Gasteiger partial charge on any atom is 0.163 e. The van der Waals surface area contributed by atoms with Gasteiger partial charge in [0.2, 0.25) is 0 Å². The van der Waals surface area contributed by atoms with E-state index < -0.39 is 0 Å². The second-order valence-electron chi connectivity index (χ2n) is 6.85. The zero-order valence-corrected chi connectivity index (χ0v) is 15.6. The Morgan fingerprint density at radius 2 is 1.96 bits per heavy atom. The number of aliphatic hydroxyl groups is 1. The first kappa shape index (κ1) is 19.0. The van der Waals surface area contributed by atoms with Gasteiger partial charge in [-0.25, -0.2) is 0 Å². The average molecular weight is 341 g/mol. The molecule has 0 spiro atoms. The fourth-order valence-corrected chi connectivity index (χ4v) is 3.66. The van der Waals surface area contributed by atoms with Crippen molar-refractivity contribution in [3.63, 3.8) is 0 Å². The van der Waals surface area contributed by atoms with Crippen LogP contribution in [0.1, 0.15) is 54.4 Å². The van der Waals surface area contributed by atoms with E-state index in [0.717, 1.165) is 0 Å². The minimum atomic E-state index is -0.00797. The number of nitrogens with zero attached hydrogens (tertiary/aromatic N) is 1. The van der Waals surface area contributed by atoms with Crippen molar-refractivity contribution in [2.45, 2.75) is 52.9 Å². The van der Waals surface area contributed by atoms with Crippen LogP contribution in [0.25, 0.3) is 0 Å². The fraction of sp³-hybridized carbons (Fsp3) is 0.429. The molecule has 0 heterocycles. The monoisotopic (exact) mass is 341 g/mol. The topological polar surface area (TPSA) is 58.9 Å². The summed E-state index contributed by atoms with van der Waals surface area (Å²) < 4.78 is 0. The molecule has 134 valence electrons. The Balaban J connectivity index is 2.21. The molecular weight excluding hydrogens is 314 g/mol. The molecule has 1 aliphatic rings. The Kier molecular flexibility index (Phi) is 6.18. The van der Waals surface area contributed by atoms with Crippen LogP contribution in [-0.4, -0.2) is 23.2 Å². The summed E-state index contributed by atoms with van der Waals surface area (Å²) in [6, 6.07) is 4.27. The highest BCUT2D eigenvalue weighted by molar-refractivity contribution is 6.02. The van der Waals surface area contributed by atoms with Gasteiger partial charge in [-0.2, -0.15) is 0 Å². The lowest BCUT2D eigenvalue weighted by Gasteiger charge is -2.26. The molecular formula is C21H27NO3. The van der Waals surface area contributed by atoms with E-state index in [1.54, 1.807) is 13.0 Å². The number of carbonyl (C=O) groups is 1. The average Bonchev–Trinajstić information content (AvgIpc) is 2.50. The molecule has 1 aromatic carbocycles. The summed E-state index contributed by atoms with van der Waals surface area (Å²) in [5.74, 6) is 0.205. The quantitative estimate of drug-likeness (QED) is 0.349. The summed E-state index contributed by atoms with van der Waals surface area (Å²) in [5.41, 5.74) is 5.89. The normalized spacial score (nSPS) is 18.5. The zero-order chi connectivity index (χ0) is 18.6. The molecule has 0 amide bonds. The molecule has 0 saturated carbocycles. The largest absolute Gasteiger partial charge is 0.512 e. The highest BCUT2D eigenvalue weighted by atomic mass is 16.6. The van der Waals surface area contributed by atoms with E-state index >= 15 is 0 Å². The van der Waals surface area contributed by atoms with Gasteiger partial charge in [0.05, 0.1) is 11.5 Å². The Morgan fingerprint density at radius 1 is 1.32 bits per heavy atom. The van der Waals surface area contributed by atoms with Crippen molar-refractivity contribution in [1.29, 1.82) is 0 Å². The molecule has 0 aromatic heterocycles. The van der Waals surface area contributed by atoms with Crippen molar-refractivity contribution >= 4 is 11.5 Å². The van der Waals surface area contributed by atoms with Crippen LogP contribution in [0.4, 0.5) is 0 Å². The van der Waals surface area contributed by atoms with Crippen LogP contribution < -0.4 is 0 Å². The lowest BCUT2D eigenvalue weighted by molar-refractivity contribution is -0.116. The van der Waals surface area contributed by atoms with E-state index in [0.29, 0.717) is 37.2 Å². The van der Waals surface area contributed by atoms with Crippen LogP contribution in [0.2, 0.25) is 0 Å². The van der Waals surface area contributed by atoms with E-state index in [4.69, 9.17) is 4.84 Å². The summed E-state index contributed by atoms with van der Waals surface area (Å²) in [5, 5.41) is 14.4. The molecule has 0 radical (unpaired) electrons. The number of ketones is 1. The molecule has 1 aromatic rings. The number of aryl methyl sites for hydroxylation is 3. The number of carbonyl (C=O) groups excluding carboxylic acids is 1. The SMILES string of the molecule is C=CCON=C(C)CC1=C(O)CC(c2c(C)cc(C)cc2C)CC1=O. The number of aliphatic hydroxyl groups excluding tert-OH is 1. The standard InChI is InChI=1S/C21H27NO3/c1-6-7-25-22-16(5)10-18-19(23)11-17(12-20(18)24)21-14(3)8-13(2)9-15(21)4/h6,8-9,17,23H,1,7,10-12H2,2-5H3. The first-order valence-corrected chi connectivity index (χ1v) is 8.61. The van der Waals surface area contributed by atoms with Gasteiger partial charge in [-0.05, 0) is 50.3 Å². The Morgan fingerprint density at radius 3 is 2.52 bits per heavy atom. The molecule has 2 rings (SSSR count). The number of oxime groups is 1. The fourth-order valence-electron chi connectivity index (χ4n) is 3.66. The molecule has 0 bridgehead atoms. The number of benzene rings is 1. The minimum Gasteiger partial charge on any atom is -0.512 e. The molecule has 25 heavy (non-hydrogen) atoms. The molecule has 1 N–H and O–H groups in total. The van der Waals surface area contributed by atoms with Gasteiger partial charge in [0, 0.05) is 24.8 Å². The third kappa shape index (κ3) is 4.59. The Labute approximate surface area is 149 Å². The summed E-state index contributed by atoms with van der Waals surface area (Å²) in [7, 11) is 0. The molecule has 1 atom stereocenters. The summed E-state index contributed by atoms with van der Waals surface area (Å²) in [6.07, 6.45) is 2.84. The Hall–Kier alpha value is -2.36. The smallest absolute Gasteiger partial charge is 0.163 e. The summed E-state index contributed by atoms with van der Waals surface area (Å²) in [6.45, 7) is 11.9. The van der Waals surface area contributed by atoms with Crippen molar-refractivity contribution in [2.24, 2.45) is 5.16 Å². The van der Waals surface area contributed by atoms with E-state index in [1.165, 1.54) is 22.3 Å². The van der Waals surface area contributed by atoms with E-state index in [9.17, 15) is 9.90 Å². The van der Waals surface area contributed by atoms with Crippen LogP contribution >= 0.6 is 0 Å². The first-order chi connectivity index (χ1) is 11.8.